The first-order valence-electron chi connectivity index (χ1n) is 5.33. The van der Waals surface area contributed by atoms with Crippen molar-refractivity contribution < 1.29 is 22.5 Å². The van der Waals surface area contributed by atoms with Gasteiger partial charge in [-0.15, -0.1) is 0 Å². The van der Waals surface area contributed by atoms with Gasteiger partial charge in [-0.05, 0) is 47.3 Å². The van der Waals surface area contributed by atoms with E-state index in [0.717, 1.165) is 0 Å². The van der Waals surface area contributed by atoms with Crippen molar-refractivity contribution in [2.75, 3.05) is 25.9 Å². The molecule has 0 N–H and O–H groups in total. The van der Waals surface area contributed by atoms with Gasteiger partial charge in [-0.25, -0.2) is 0 Å². The molecule has 0 spiro atoms. The summed E-state index contributed by atoms with van der Waals surface area (Å²) in [5.41, 5.74) is -0.762. The van der Waals surface area contributed by atoms with Crippen molar-refractivity contribution in [3.8, 4) is 0 Å². The minimum Gasteiger partial charge on any atom is -0.459 e. The molecule has 0 bridgehead atoms. The number of hydrogen-bond acceptors (Lipinski definition) is 5. The van der Waals surface area contributed by atoms with Crippen molar-refractivity contribution in [1.29, 1.82) is 0 Å². The first kappa shape index (κ1) is 16.3. The van der Waals surface area contributed by atoms with Crippen molar-refractivity contribution in [1.82, 2.24) is 4.90 Å². The third-order valence-corrected chi connectivity index (χ3v) is 2.38. The summed E-state index contributed by atoms with van der Waals surface area (Å²) in [5, 5.41) is 0. The number of ether oxygens (including phenoxy) is 1. The van der Waals surface area contributed by atoms with Crippen molar-refractivity contribution in [3.63, 3.8) is 0 Å². The van der Waals surface area contributed by atoms with Crippen LogP contribution in [0, 0.1) is 0 Å². The molecule has 0 aliphatic carbocycles. The van der Waals surface area contributed by atoms with Crippen molar-refractivity contribution in [2.24, 2.45) is 0 Å². The van der Waals surface area contributed by atoms with Gasteiger partial charge in [-0.3, -0.25) is 4.79 Å². The van der Waals surface area contributed by atoms with Gasteiger partial charge in [0.1, 0.15) is 5.60 Å². The van der Waals surface area contributed by atoms with Crippen molar-refractivity contribution in [3.05, 3.63) is 0 Å². The molecule has 1 aliphatic heterocycles. The van der Waals surface area contributed by atoms with E-state index in [2.05, 4.69) is 16.7 Å². The number of nitrogens with zero attached hydrogens (tertiary/aromatic N) is 1. The Morgan fingerprint density at radius 2 is 1.71 bits per heavy atom. The Balaban J connectivity index is 0.000000419. The summed E-state index contributed by atoms with van der Waals surface area (Å²) in [5.74, 6) is -2.12. The van der Waals surface area contributed by atoms with Gasteiger partial charge in [0.05, 0.1) is 0 Å². The van der Waals surface area contributed by atoms with E-state index in [4.69, 9.17) is 0 Å². The number of likely N-dealkylation sites (tertiary alicyclic amines) is 1. The van der Waals surface area contributed by atoms with Crippen molar-refractivity contribution >= 4 is 16.1 Å². The Bertz CT molecular complexity index is 340. The molecule has 0 atom stereocenters. The molecule has 1 fully saturated rings. The molecular formula is C10H20NO5S. The lowest BCUT2D eigenvalue weighted by Crippen LogP contribution is -2.32. The number of carbonyl (C=O) groups is 1. The number of carbonyl (C=O) groups excluding carboxylic acids is 1. The zero-order chi connectivity index (χ0) is 13.7. The normalized spacial score (nSPS) is 16.5. The van der Waals surface area contributed by atoms with Gasteiger partial charge in [0.15, 0.2) is 5.75 Å². The molecule has 1 saturated heterocycles. The lowest BCUT2D eigenvalue weighted by molar-refractivity contribution is -0.151. The molecule has 7 heteroatoms. The summed E-state index contributed by atoms with van der Waals surface area (Å²) >= 11 is 0. The molecule has 1 radical (unpaired) electrons. The molecule has 6 nitrogen and oxygen atoms in total. The molecule has 0 saturated carbocycles. The first-order chi connectivity index (χ1) is 7.49. The lowest BCUT2D eigenvalue weighted by Gasteiger charge is -2.24. The molecule has 0 unspecified atom stereocenters. The fourth-order valence-corrected chi connectivity index (χ4v) is 1.34. The highest BCUT2D eigenvalue weighted by Gasteiger charge is 2.21. The maximum absolute atomic E-state index is 10.7. The molecule has 0 aromatic rings. The van der Waals surface area contributed by atoms with Crippen LogP contribution in [0.3, 0.4) is 0 Å². The predicted octanol–water partition coefficient (Wildman–Crippen LogP) is 0.410. The van der Waals surface area contributed by atoms with Gasteiger partial charge in [0.25, 0.3) is 0 Å². The van der Waals surface area contributed by atoms with Crippen LogP contribution in [0.2, 0.25) is 0 Å². The van der Waals surface area contributed by atoms with E-state index in [1.807, 2.05) is 0 Å². The molecular weight excluding hydrogens is 246 g/mol. The molecule has 1 rings (SSSR count). The van der Waals surface area contributed by atoms with Gasteiger partial charge in [0.2, 0.25) is 0 Å². The maximum Gasteiger partial charge on any atom is 0.324 e. The van der Waals surface area contributed by atoms with Crippen LogP contribution in [0.5, 0.6) is 0 Å². The van der Waals surface area contributed by atoms with Crippen LogP contribution >= 0.6 is 0 Å². The Hall–Kier alpha value is -0.660. The molecule has 0 aromatic carbocycles. The summed E-state index contributed by atoms with van der Waals surface area (Å²) in [6.07, 6.45) is 1.41. The van der Waals surface area contributed by atoms with Crippen LogP contribution in [0.25, 0.3) is 0 Å². The second kappa shape index (κ2) is 6.32. The average Bonchev–Trinajstić information content (AvgIpc) is 1.93. The third kappa shape index (κ3) is 11.6. The number of esters is 1. The quantitative estimate of drug-likeness (QED) is 0.676. The highest BCUT2D eigenvalue weighted by molar-refractivity contribution is 7.86. The summed E-state index contributed by atoms with van der Waals surface area (Å²) in [4.78, 5) is 13.0. The van der Waals surface area contributed by atoms with Gasteiger partial charge in [-0.2, -0.15) is 8.42 Å². The SMILES string of the molecule is CC(C)(C)OC(=O)CS([O])(=O)=O.CN1CCC1. The second-order valence-electron chi connectivity index (χ2n) is 4.95. The lowest BCUT2D eigenvalue weighted by atomic mass is 10.2. The molecule has 1 heterocycles. The predicted molar refractivity (Wildman–Crippen MR) is 62.4 cm³/mol. The van der Waals surface area contributed by atoms with Crippen LogP contribution in [-0.2, 0) is 24.2 Å². The molecule has 17 heavy (non-hydrogen) atoms. The first-order valence-corrected chi connectivity index (χ1v) is 6.91. The molecule has 0 aromatic heterocycles. The molecule has 0 amide bonds. The van der Waals surface area contributed by atoms with E-state index in [0.29, 0.717) is 0 Å². The van der Waals surface area contributed by atoms with Crippen LogP contribution in [-0.4, -0.2) is 50.8 Å². The Kier molecular flexibility index (Phi) is 6.08. The fourth-order valence-electron chi connectivity index (χ4n) is 0.990. The fraction of sp³-hybridized carbons (Fsp3) is 0.900. The zero-order valence-corrected chi connectivity index (χ0v) is 11.5. The average molecular weight is 266 g/mol. The van der Waals surface area contributed by atoms with Crippen LogP contribution < -0.4 is 0 Å². The standard InChI is InChI=1S/C6H11O5S.C4H9N/c1-6(2,3)11-5(7)4-12(8,9)10;1-5-3-2-4-5/h4H2,1-3H3;2-4H2,1H3. The largest absolute Gasteiger partial charge is 0.459 e. The minimum absolute atomic E-state index is 0.762. The van der Waals surface area contributed by atoms with E-state index in [9.17, 15) is 17.8 Å². The Morgan fingerprint density at radius 1 is 1.29 bits per heavy atom. The summed E-state index contributed by atoms with van der Waals surface area (Å²) in [6, 6.07) is 0. The number of rotatable bonds is 2. The van der Waals surface area contributed by atoms with Gasteiger partial charge in [0, 0.05) is 0 Å². The van der Waals surface area contributed by atoms with Crippen LogP contribution in [0.1, 0.15) is 27.2 Å². The third-order valence-electron chi connectivity index (χ3n) is 1.79. The van der Waals surface area contributed by atoms with Gasteiger partial charge in [-0.1, -0.05) is 4.55 Å². The minimum atomic E-state index is -4.52. The van der Waals surface area contributed by atoms with E-state index in [1.54, 1.807) is 20.8 Å². The molecule has 1 aliphatic rings. The highest BCUT2D eigenvalue weighted by Crippen LogP contribution is 2.07. The topological polar surface area (TPSA) is 83.6 Å². The van der Waals surface area contributed by atoms with Crippen LogP contribution in [0.15, 0.2) is 0 Å². The monoisotopic (exact) mass is 266 g/mol. The van der Waals surface area contributed by atoms with E-state index < -0.39 is 27.4 Å². The second-order valence-corrected chi connectivity index (χ2v) is 6.35. The Morgan fingerprint density at radius 3 is 1.88 bits per heavy atom. The Labute approximate surface area is 103 Å². The summed E-state index contributed by atoms with van der Waals surface area (Å²) < 4.78 is 34.8. The summed E-state index contributed by atoms with van der Waals surface area (Å²) in [6.45, 7) is 7.40. The summed E-state index contributed by atoms with van der Waals surface area (Å²) in [7, 11) is -2.38. The van der Waals surface area contributed by atoms with Gasteiger partial charge < -0.3 is 9.64 Å². The van der Waals surface area contributed by atoms with E-state index >= 15 is 0 Å². The van der Waals surface area contributed by atoms with E-state index in [1.165, 1.54) is 19.5 Å². The number of hydrogen-bond donors (Lipinski definition) is 0. The smallest absolute Gasteiger partial charge is 0.324 e. The van der Waals surface area contributed by atoms with E-state index in [-0.39, 0.29) is 0 Å². The zero-order valence-electron chi connectivity index (χ0n) is 10.7. The van der Waals surface area contributed by atoms with Crippen molar-refractivity contribution in [2.45, 2.75) is 32.8 Å². The van der Waals surface area contributed by atoms with Crippen LogP contribution in [0.4, 0.5) is 0 Å². The highest BCUT2D eigenvalue weighted by atomic mass is 32.2. The molecule has 101 valence electrons. The maximum atomic E-state index is 10.7. The van der Waals surface area contributed by atoms with Gasteiger partial charge >= 0.3 is 16.1 Å².